The second kappa shape index (κ2) is 5.81. The molecule has 0 amide bonds. The van der Waals surface area contributed by atoms with Crippen LogP contribution in [0.3, 0.4) is 0 Å². The first-order valence-electron chi connectivity index (χ1n) is 7.04. The average molecular weight is 247 g/mol. The zero-order valence-corrected chi connectivity index (χ0v) is 12.1. The van der Waals surface area contributed by atoms with E-state index in [1.807, 2.05) is 0 Å². The molecule has 0 aromatic carbocycles. The largest absolute Gasteiger partial charge is 0.310 e. The molecule has 0 unspecified atom stereocenters. The van der Waals surface area contributed by atoms with Crippen molar-refractivity contribution in [1.29, 1.82) is 0 Å². The molecule has 0 bridgehead atoms. The predicted octanol–water partition coefficient (Wildman–Crippen LogP) is 2.27. The number of hydrogen-bond donors (Lipinski definition) is 1. The number of nitrogens with zero attached hydrogens (tertiary/aromatic N) is 2. The van der Waals surface area contributed by atoms with Crippen LogP contribution < -0.4 is 5.32 Å². The lowest BCUT2D eigenvalue weighted by atomic mass is 10.0. The number of fused-ring (bicyclic) bond motifs is 1. The van der Waals surface area contributed by atoms with Crippen molar-refractivity contribution in [1.82, 2.24) is 15.2 Å². The molecule has 0 fully saturated rings. The highest BCUT2D eigenvalue weighted by Gasteiger charge is 2.17. The summed E-state index contributed by atoms with van der Waals surface area (Å²) in [5, 5.41) is 3.48. The van der Waals surface area contributed by atoms with Gasteiger partial charge < -0.3 is 5.32 Å². The highest BCUT2D eigenvalue weighted by atomic mass is 15.1. The van der Waals surface area contributed by atoms with Crippen LogP contribution in [-0.2, 0) is 19.5 Å². The Hall–Kier alpha value is -0.930. The van der Waals surface area contributed by atoms with Crippen LogP contribution in [0.1, 0.15) is 43.3 Å². The molecule has 0 spiro atoms. The second-order valence-electron chi connectivity index (χ2n) is 5.49. The van der Waals surface area contributed by atoms with Gasteiger partial charge in [0, 0.05) is 43.5 Å². The molecule has 1 aromatic heterocycles. The van der Waals surface area contributed by atoms with Crippen LogP contribution in [0.2, 0.25) is 0 Å². The Bertz CT molecular complexity index is 412. The van der Waals surface area contributed by atoms with Gasteiger partial charge in [0.2, 0.25) is 0 Å². The van der Waals surface area contributed by atoms with Crippen molar-refractivity contribution in [3.63, 3.8) is 0 Å². The fraction of sp³-hybridized carbons (Fsp3) is 0.667. The number of aryl methyl sites for hydroxylation is 1. The van der Waals surface area contributed by atoms with Gasteiger partial charge in [-0.2, -0.15) is 0 Å². The Morgan fingerprint density at radius 1 is 1.44 bits per heavy atom. The standard InChI is InChI=1S/C15H25N3/c1-5-18-7-6-15-14(10-18)8-13(12(4)17-15)9-16-11(2)3/h8,11,16H,5-7,9-10H2,1-4H3. The van der Waals surface area contributed by atoms with Crippen molar-refractivity contribution in [3.05, 3.63) is 28.6 Å². The zero-order chi connectivity index (χ0) is 13.1. The smallest absolute Gasteiger partial charge is 0.0464 e. The summed E-state index contributed by atoms with van der Waals surface area (Å²) in [6.45, 7) is 13.0. The van der Waals surface area contributed by atoms with Gasteiger partial charge in [0.05, 0.1) is 0 Å². The van der Waals surface area contributed by atoms with Crippen molar-refractivity contribution >= 4 is 0 Å². The SMILES string of the molecule is CCN1CCc2nc(C)c(CNC(C)C)cc2C1. The summed E-state index contributed by atoms with van der Waals surface area (Å²) in [6, 6.07) is 2.88. The molecule has 3 heteroatoms. The maximum Gasteiger partial charge on any atom is 0.0464 e. The minimum Gasteiger partial charge on any atom is -0.310 e. The summed E-state index contributed by atoms with van der Waals surface area (Å²) in [7, 11) is 0. The molecule has 0 atom stereocenters. The Labute approximate surface area is 111 Å². The molecule has 100 valence electrons. The van der Waals surface area contributed by atoms with Gasteiger partial charge in [-0.25, -0.2) is 0 Å². The van der Waals surface area contributed by atoms with Gasteiger partial charge in [0.1, 0.15) is 0 Å². The minimum atomic E-state index is 0.521. The van der Waals surface area contributed by atoms with E-state index in [0.717, 1.165) is 32.6 Å². The number of nitrogens with one attached hydrogen (secondary N) is 1. The zero-order valence-electron chi connectivity index (χ0n) is 12.1. The molecule has 0 aliphatic carbocycles. The van der Waals surface area contributed by atoms with Crippen LogP contribution >= 0.6 is 0 Å². The van der Waals surface area contributed by atoms with E-state index in [1.165, 1.54) is 22.5 Å². The Balaban J connectivity index is 2.18. The van der Waals surface area contributed by atoms with E-state index in [9.17, 15) is 0 Å². The van der Waals surface area contributed by atoms with E-state index in [1.54, 1.807) is 0 Å². The van der Waals surface area contributed by atoms with E-state index in [2.05, 4.69) is 44.0 Å². The molecular weight excluding hydrogens is 222 g/mol. The van der Waals surface area contributed by atoms with Gasteiger partial charge in [0.15, 0.2) is 0 Å². The van der Waals surface area contributed by atoms with Crippen molar-refractivity contribution in [2.24, 2.45) is 0 Å². The molecule has 1 aliphatic heterocycles. The van der Waals surface area contributed by atoms with Crippen LogP contribution in [-0.4, -0.2) is 29.0 Å². The molecule has 0 saturated heterocycles. The summed E-state index contributed by atoms with van der Waals surface area (Å²) < 4.78 is 0. The molecule has 3 nitrogen and oxygen atoms in total. The average Bonchev–Trinajstić information content (AvgIpc) is 2.35. The third kappa shape index (κ3) is 3.09. The lowest BCUT2D eigenvalue weighted by molar-refractivity contribution is 0.265. The second-order valence-corrected chi connectivity index (χ2v) is 5.49. The van der Waals surface area contributed by atoms with Gasteiger partial charge in [0.25, 0.3) is 0 Å². The van der Waals surface area contributed by atoms with Crippen LogP contribution in [0.5, 0.6) is 0 Å². The maximum atomic E-state index is 4.79. The number of aromatic nitrogens is 1. The number of hydrogen-bond acceptors (Lipinski definition) is 3. The molecule has 2 rings (SSSR count). The third-order valence-corrected chi connectivity index (χ3v) is 3.69. The summed E-state index contributed by atoms with van der Waals surface area (Å²) in [6.07, 6.45) is 1.10. The van der Waals surface area contributed by atoms with Gasteiger partial charge in [-0.1, -0.05) is 20.8 Å². The number of pyridine rings is 1. The van der Waals surface area contributed by atoms with Crippen molar-refractivity contribution < 1.29 is 0 Å². The highest BCUT2D eigenvalue weighted by Crippen LogP contribution is 2.20. The van der Waals surface area contributed by atoms with E-state index in [4.69, 9.17) is 4.98 Å². The van der Waals surface area contributed by atoms with Crippen molar-refractivity contribution in [3.8, 4) is 0 Å². The van der Waals surface area contributed by atoms with Gasteiger partial charge in [-0.3, -0.25) is 9.88 Å². The summed E-state index contributed by atoms with van der Waals surface area (Å²) in [5.41, 5.74) is 5.27. The number of rotatable bonds is 4. The minimum absolute atomic E-state index is 0.521. The first-order chi connectivity index (χ1) is 8.60. The topological polar surface area (TPSA) is 28.2 Å². The Morgan fingerprint density at radius 2 is 2.22 bits per heavy atom. The van der Waals surface area contributed by atoms with Crippen LogP contribution in [0.15, 0.2) is 6.07 Å². The molecule has 2 heterocycles. The molecule has 18 heavy (non-hydrogen) atoms. The van der Waals surface area contributed by atoms with Crippen molar-refractivity contribution in [2.45, 2.75) is 53.2 Å². The van der Waals surface area contributed by atoms with E-state index < -0.39 is 0 Å². The monoisotopic (exact) mass is 247 g/mol. The summed E-state index contributed by atoms with van der Waals surface area (Å²) in [4.78, 5) is 7.28. The summed E-state index contributed by atoms with van der Waals surface area (Å²) >= 11 is 0. The van der Waals surface area contributed by atoms with Gasteiger partial charge in [-0.05, 0) is 30.7 Å². The highest BCUT2D eigenvalue weighted by molar-refractivity contribution is 5.31. The first-order valence-corrected chi connectivity index (χ1v) is 7.04. The molecule has 1 N–H and O–H groups in total. The first kappa shape index (κ1) is 13.5. The Kier molecular flexibility index (Phi) is 4.36. The van der Waals surface area contributed by atoms with E-state index in [0.29, 0.717) is 6.04 Å². The predicted molar refractivity (Wildman–Crippen MR) is 75.6 cm³/mol. The molecule has 0 radical (unpaired) electrons. The molecular formula is C15H25N3. The maximum absolute atomic E-state index is 4.79. The summed E-state index contributed by atoms with van der Waals surface area (Å²) in [5.74, 6) is 0. The quantitative estimate of drug-likeness (QED) is 0.884. The van der Waals surface area contributed by atoms with Gasteiger partial charge in [-0.15, -0.1) is 0 Å². The fourth-order valence-corrected chi connectivity index (χ4v) is 2.44. The molecule has 0 saturated carbocycles. The number of likely N-dealkylation sites (N-methyl/N-ethyl adjacent to an activating group) is 1. The Morgan fingerprint density at radius 3 is 2.89 bits per heavy atom. The van der Waals surface area contributed by atoms with Crippen molar-refractivity contribution in [2.75, 3.05) is 13.1 Å². The fourth-order valence-electron chi connectivity index (χ4n) is 2.44. The van der Waals surface area contributed by atoms with Crippen LogP contribution in [0.25, 0.3) is 0 Å². The van der Waals surface area contributed by atoms with E-state index >= 15 is 0 Å². The molecule has 1 aliphatic rings. The molecule has 1 aromatic rings. The van der Waals surface area contributed by atoms with E-state index in [-0.39, 0.29) is 0 Å². The lowest BCUT2D eigenvalue weighted by Crippen LogP contribution is -2.31. The van der Waals surface area contributed by atoms with Gasteiger partial charge >= 0.3 is 0 Å². The van der Waals surface area contributed by atoms with Crippen LogP contribution in [0, 0.1) is 6.92 Å². The third-order valence-electron chi connectivity index (χ3n) is 3.69. The normalized spacial score (nSPS) is 16.1. The lowest BCUT2D eigenvalue weighted by Gasteiger charge is -2.27. The van der Waals surface area contributed by atoms with Crippen LogP contribution in [0.4, 0.5) is 0 Å².